The monoisotopic (exact) mass is 209 g/mol. The molecule has 0 saturated heterocycles. The van der Waals surface area contributed by atoms with Gasteiger partial charge in [-0.1, -0.05) is 20.3 Å². The Labute approximate surface area is 91.1 Å². The lowest BCUT2D eigenvalue weighted by Crippen LogP contribution is -2.09. The summed E-state index contributed by atoms with van der Waals surface area (Å²) in [4.78, 5) is 3.98. The van der Waals surface area contributed by atoms with Gasteiger partial charge in [-0.3, -0.25) is 4.98 Å². The van der Waals surface area contributed by atoms with Gasteiger partial charge in [0.25, 0.3) is 0 Å². The second kappa shape index (κ2) is 6.40. The number of rotatable bonds is 6. The van der Waals surface area contributed by atoms with E-state index in [1.807, 2.05) is 0 Å². The van der Waals surface area contributed by atoms with Crippen LogP contribution in [0.3, 0.4) is 0 Å². The quantitative estimate of drug-likeness (QED) is 0.782. The molecule has 1 N–H and O–H groups in total. The maximum atomic E-state index is 9.08. The molecule has 0 aliphatic rings. The van der Waals surface area contributed by atoms with Crippen LogP contribution in [0.15, 0.2) is 18.5 Å². The molecule has 0 fully saturated rings. The normalized spacial score (nSPS) is 12.5. The number of hydrogen-bond acceptors (Lipinski definition) is 3. The Balaban J connectivity index is 2.49. The average molecular weight is 209 g/mol. The Morgan fingerprint density at radius 1 is 1.53 bits per heavy atom. The SMILES string of the molecule is CCCC(C)COc1cnccc1CO. The molecule has 1 rings (SSSR count). The molecular weight excluding hydrogens is 190 g/mol. The predicted octanol–water partition coefficient (Wildman–Crippen LogP) is 2.39. The molecule has 1 atom stereocenters. The first kappa shape index (κ1) is 12.0. The summed E-state index contributed by atoms with van der Waals surface area (Å²) in [6, 6.07) is 1.78. The summed E-state index contributed by atoms with van der Waals surface area (Å²) in [7, 11) is 0. The number of ether oxygens (including phenoxy) is 1. The Hall–Kier alpha value is -1.09. The van der Waals surface area contributed by atoms with Crippen molar-refractivity contribution in [2.24, 2.45) is 5.92 Å². The highest BCUT2D eigenvalue weighted by atomic mass is 16.5. The van der Waals surface area contributed by atoms with E-state index >= 15 is 0 Å². The van der Waals surface area contributed by atoms with Crippen molar-refractivity contribution in [1.82, 2.24) is 4.98 Å². The highest BCUT2D eigenvalue weighted by Crippen LogP contribution is 2.17. The molecule has 0 aliphatic carbocycles. The molecular formula is C12H19NO2. The third-order valence-electron chi connectivity index (χ3n) is 2.35. The van der Waals surface area contributed by atoms with Gasteiger partial charge in [0.2, 0.25) is 0 Å². The van der Waals surface area contributed by atoms with Crippen molar-refractivity contribution in [2.75, 3.05) is 6.61 Å². The van der Waals surface area contributed by atoms with Gasteiger partial charge >= 0.3 is 0 Å². The number of pyridine rings is 1. The Bertz CT molecular complexity index is 289. The minimum Gasteiger partial charge on any atom is -0.491 e. The molecule has 0 aromatic carbocycles. The summed E-state index contributed by atoms with van der Waals surface area (Å²) < 4.78 is 5.62. The van der Waals surface area contributed by atoms with Crippen LogP contribution in [0.4, 0.5) is 0 Å². The summed E-state index contributed by atoms with van der Waals surface area (Å²) >= 11 is 0. The van der Waals surface area contributed by atoms with Crippen molar-refractivity contribution in [2.45, 2.75) is 33.3 Å². The molecule has 1 heterocycles. The van der Waals surface area contributed by atoms with E-state index in [0.29, 0.717) is 18.3 Å². The van der Waals surface area contributed by atoms with Crippen molar-refractivity contribution in [3.63, 3.8) is 0 Å². The Kier molecular flexibility index (Phi) is 5.12. The highest BCUT2D eigenvalue weighted by Gasteiger charge is 2.05. The maximum absolute atomic E-state index is 9.08. The molecule has 84 valence electrons. The van der Waals surface area contributed by atoms with Crippen molar-refractivity contribution in [3.05, 3.63) is 24.0 Å². The smallest absolute Gasteiger partial charge is 0.143 e. The molecule has 0 aliphatic heterocycles. The third kappa shape index (κ3) is 3.88. The lowest BCUT2D eigenvalue weighted by Gasteiger charge is -2.13. The fraction of sp³-hybridized carbons (Fsp3) is 0.583. The number of nitrogens with zero attached hydrogens (tertiary/aromatic N) is 1. The van der Waals surface area contributed by atoms with E-state index in [1.54, 1.807) is 18.5 Å². The largest absolute Gasteiger partial charge is 0.491 e. The lowest BCUT2D eigenvalue weighted by molar-refractivity contribution is 0.233. The van der Waals surface area contributed by atoms with Gasteiger partial charge in [-0.15, -0.1) is 0 Å². The van der Waals surface area contributed by atoms with Crippen LogP contribution < -0.4 is 4.74 Å². The molecule has 0 radical (unpaired) electrons. The van der Waals surface area contributed by atoms with Gasteiger partial charge in [0.15, 0.2) is 0 Å². The predicted molar refractivity (Wildman–Crippen MR) is 59.7 cm³/mol. The Morgan fingerprint density at radius 2 is 2.33 bits per heavy atom. The van der Waals surface area contributed by atoms with E-state index in [-0.39, 0.29) is 6.61 Å². The lowest BCUT2D eigenvalue weighted by atomic mass is 10.1. The summed E-state index contributed by atoms with van der Waals surface area (Å²) in [5.74, 6) is 1.24. The molecule has 3 nitrogen and oxygen atoms in total. The standard InChI is InChI=1S/C12H19NO2/c1-3-4-10(2)9-15-12-7-13-6-5-11(12)8-14/h5-7,10,14H,3-4,8-9H2,1-2H3. The van der Waals surface area contributed by atoms with Crippen LogP contribution in [0.5, 0.6) is 5.75 Å². The first-order chi connectivity index (χ1) is 7.27. The van der Waals surface area contributed by atoms with Gasteiger partial charge < -0.3 is 9.84 Å². The second-order valence-electron chi connectivity index (χ2n) is 3.85. The molecule has 1 aromatic heterocycles. The molecule has 15 heavy (non-hydrogen) atoms. The molecule has 1 aromatic rings. The number of hydrogen-bond donors (Lipinski definition) is 1. The van der Waals surface area contributed by atoms with Crippen LogP contribution >= 0.6 is 0 Å². The van der Waals surface area contributed by atoms with Gasteiger partial charge in [0.1, 0.15) is 5.75 Å². The number of aliphatic hydroxyl groups is 1. The first-order valence-electron chi connectivity index (χ1n) is 5.44. The molecule has 0 bridgehead atoms. The zero-order valence-corrected chi connectivity index (χ0v) is 9.44. The summed E-state index contributed by atoms with van der Waals surface area (Å²) in [6.45, 7) is 5.02. The molecule has 0 amide bonds. The van der Waals surface area contributed by atoms with Crippen LogP contribution in [0.2, 0.25) is 0 Å². The van der Waals surface area contributed by atoms with Crippen molar-refractivity contribution in [1.29, 1.82) is 0 Å². The fourth-order valence-corrected chi connectivity index (χ4v) is 1.48. The zero-order chi connectivity index (χ0) is 11.1. The van der Waals surface area contributed by atoms with E-state index in [4.69, 9.17) is 9.84 Å². The minimum atomic E-state index is 0.0000120. The van der Waals surface area contributed by atoms with Crippen LogP contribution in [0, 0.1) is 5.92 Å². The van der Waals surface area contributed by atoms with Crippen LogP contribution in [0.25, 0.3) is 0 Å². The topological polar surface area (TPSA) is 42.4 Å². The summed E-state index contributed by atoms with van der Waals surface area (Å²) in [5.41, 5.74) is 0.800. The summed E-state index contributed by atoms with van der Waals surface area (Å²) in [5, 5.41) is 9.08. The van der Waals surface area contributed by atoms with Crippen molar-refractivity contribution < 1.29 is 9.84 Å². The fourth-order valence-electron chi connectivity index (χ4n) is 1.48. The molecule has 3 heteroatoms. The van der Waals surface area contributed by atoms with Gasteiger partial charge in [-0.25, -0.2) is 0 Å². The van der Waals surface area contributed by atoms with Crippen LogP contribution in [0.1, 0.15) is 32.3 Å². The van der Waals surface area contributed by atoms with E-state index in [1.165, 1.54) is 6.42 Å². The van der Waals surface area contributed by atoms with Crippen molar-refractivity contribution >= 4 is 0 Å². The minimum absolute atomic E-state index is 0.0000120. The second-order valence-corrected chi connectivity index (χ2v) is 3.85. The van der Waals surface area contributed by atoms with E-state index < -0.39 is 0 Å². The maximum Gasteiger partial charge on any atom is 0.143 e. The van der Waals surface area contributed by atoms with Crippen LogP contribution in [-0.4, -0.2) is 16.7 Å². The Morgan fingerprint density at radius 3 is 3.00 bits per heavy atom. The van der Waals surface area contributed by atoms with Gasteiger partial charge in [0, 0.05) is 11.8 Å². The first-order valence-corrected chi connectivity index (χ1v) is 5.44. The molecule has 1 unspecified atom stereocenters. The van der Waals surface area contributed by atoms with Gasteiger partial charge in [-0.2, -0.15) is 0 Å². The van der Waals surface area contributed by atoms with E-state index in [2.05, 4.69) is 18.8 Å². The van der Waals surface area contributed by atoms with Gasteiger partial charge in [0.05, 0.1) is 19.4 Å². The third-order valence-corrected chi connectivity index (χ3v) is 2.35. The number of aliphatic hydroxyl groups excluding tert-OH is 1. The zero-order valence-electron chi connectivity index (χ0n) is 9.44. The van der Waals surface area contributed by atoms with E-state index in [9.17, 15) is 0 Å². The van der Waals surface area contributed by atoms with Gasteiger partial charge in [-0.05, 0) is 18.4 Å². The molecule has 0 spiro atoms. The summed E-state index contributed by atoms with van der Waals surface area (Å²) in [6.07, 6.45) is 5.65. The number of aromatic nitrogens is 1. The van der Waals surface area contributed by atoms with Crippen LogP contribution in [-0.2, 0) is 6.61 Å². The van der Waals surface area contributed by atoms with E-state index in [0.717, 1.165) is 12.0 Å². The molecule has 0 saturated carbocycles. The average Bonchev–Trinajstić information content (AvgIpc) is 2.27. The van der Waals surface area contributed by atoms with Crippen molar-refractivity contribution in [3.8, 4) is 5.75 Å². The highest BCUT2D eigenvalue weighted by molar-refractivity contribution is 5.28.